The number of rotatable bonds is 5. The summed E-state index contributed by atoms with van der Waals surface area (Å²) in [4.78, 5) is 0. The van der Waals surface area contributed by atoms with Crippen molar-refractivity contribution in [3.8, 4) is 5.75 Å². The quantitative estimate of drug-likeness (QED) is 0.790. The van der Waals surface area contributed by atoms with E-state index >= 15 is 0 Å². The average molecular weight is 302 g/mol. The van der Waals surface area contributed by atoms with E-state index in [1.165, 1.54) is 25.5 Å². The maximum Gasteiger partial charge on any atom is 0.404 e. The van der Waals surface area contributed by atoms with E-state index < -0.39 is 11.4 Å². The molecule has 0 unspecified atom stereocenters. The van der Waals surface area contributed by atoms with E-state index in [1.54, 1.807) is 24.3 Å². The fourth-order valence-corrected chi connectivity index (χ4v) is 2.77. The largest absolute Gasteiger partial charge is 0.497 e. The Labute approximate surface area is 118 Å². The number of furan rings is 1. The number of thioether (sulfide) groups is 1. The minimum Gasteiger partial charge on any atom is -0.497 e. The maximum atomic E-state index is 13.2. The first-order valence-corrected chi connectivity index (χ1v) is 6.90. The zero-order valence-electron chi connectivity index (χ0n) is 10.7. The zero-order valence-corrected chi connectivity index (χ0v) is 11.5. The van der Waals surface area contributed by atoms with Crippen molar-refractivity contribution in [1.29, 1.82) is 0 Å². The Kier molecular flexibility index (Phi) is 4.65. The lowest BCUT2D eigenvalue weighted by molar-refractivity contribution is -0.129. The second-order valence-electron chi connectivity index (χ2n) is 4.09. The molecule has 1 atom stereocenters. The minimum absolute atomic E-state index is 0.161. The van der Waals surface area contributed by atoms with Crippen LogP contribution in [0.25, 0.3) is 0 Å². The summed E-state index contributed by atoms with van der Waals surface area (Å²) in [6.07, 6.45) is -2.88. The van der Waals surface area contributed by atoms with Crippen molar-refractivity contribution in [1.82, 2.24) is 0 Å². The zero-order chi connectivity index (χ0) is 14.6. The van der Waals surface area contributed by atoms with Crippen LogP contribution in [0.3, 0.4) is 0 Å². The molecule has 2 rings (SSSR count). The van der Waals surface area contributed by atoms with Gasteiger partial charge in [0.25, 0.3) is 0 Å². The highest BCUT2D eigenvalue weighted by Crippen LogP contribution is 2.45. The summed E-state index contributed by atoms with van der Waals surface area (Å²) in [5.41, 5.74) is 0.174. The highest BCUT2D eigenvalue weighted by atomic mass is 32.2. The molecule has 0 fully saturated rings. The van der Waals surface area contributed by atoms with Crippen LogP contribution in [0, 0.1) is 0 Å². The van der Waals surface area contributed by atoms with Crippen molar-refractivity contribution in [3.63, 3.8) is 0 Å². The topological polar surface area (TPSA) is 22.4 Å². The fraction of sp³-hybridized carbons (Fsp3) is 0.286. The van der Waals surface area contributed by atoms with Gasteiger partial charge >= 0.3 is 6.18 Å². The number of benzene rings is 1. The van der Waals surface area contributed by atoms with E-state index in [2.05, 4.69) is 0 Å². The predicted molar refractivity (Wildman–Crippen MR) is 71.8 cm³/mol. The number of ether oxygens (including phenoxy) is 1. The number of hydrogen-bond donors (Lipinski definition) is 0. The summed E-state index contributed by atoms with van der Waals surface area (Å²) in [6, 6.07) is 9.35. The Bertz CT molecular complexity index is 538. The molecule has 1 aromatic heterocycles. The van der Waals surface area contributed by atoms with Gasteiger partial charge in [0.2, 0.25) is 0 Å². The molecule has 0 radical (unpaired) electrons. The lowest BCUT2D eigenvalue weighted by atomic mass is 10.1. The Morgan fingerprint density at radius 2 is 2.05 bits per heavy atom. The van der Waals surface area contributed by atoms with Gasteiger partial charge in [0.15, 0.2) is 0 Å². The maximum absolute atomic E-state index is 13.2. The summed E-state index contributed by atoms with van der Waals surface area (Å²) in [6.45, 7) is 0. The highest BCUT2D eigenvalue weighted by Gasteiger charge is 2.41. The van der Waals surface area contributed by atoms with Gasteiger partial charge in [-0.15, -0.1) is 11.8 Å². The number of halogens is 3. The summed E-state index contributed by atoms with van der Waals surface area (Å²) >= 11 is 0.784. The Hall–Kier alpha value is -1.56. The first-order chi connectivity index (χ1) is 9.50. The summed E-state index contributed by atoms with van der Waals surface area (Å²) in [5.74, 6) is 1.09. The molecule has 6 heteroatoms. The van der Waals surface area contributed by atoms with Crippen molar-refractivity contribution in [2.75, 3.05) is 7.11 Å². The van der Waals surface area contributed by atoms with E-state index in [9.17, 15) is 13.2 Å². The molecule has 2 aromatic rings. The Morgan fingerprint density at radius 3 is 2.65 bits per heavy atom. The van der Waals surface area contributed by atoms with Gasteiger partial charge in [-0.3, -0.25) is 0 Å². The minimum atomic E-state index is -4.33. The van der Waals surface area contributed by atoms with Gasteiger partial charge in [-0.2, -0.15) is 13.2 Å². The van der Waals surface area contributed by atoms with E-state index in [1.807, 2.05) is 0 Å². The molecule has 20 heavy (non-hydrogen) atoms. The van der Waals surface area contributed by atoms with Crippen LogP contribution < -0.4 is 4.74 Å². The number of methoxy groups -OCH3 is 1. The van der Waals surface area contributed by atoms with Crippen LogP contribution in [0.1, 0.15) is 16.6 Å². The summed E-state index contributed by atoms with van der Waals surface area (Å²) in [7, 11) is 1.43. The van der Waals surface area contributed by atoms with E-state index in [0.717, 1.165) is 11.8 Å². The van der Waals surface area contributed by atoms with Gasteiger partial charge in [-0.05, 0) is 29.8 Å². The fourth-order valence-electron chi connectivity index (χ4n) is 1.74. The van der Waals surface area contributed by atoms with Gasteiger partial charge < -0.3 is 9.15 Å². The first kappa shape index (κ1) is 14.8. The third-order valence-corrected chi connectivity index (χ3v) is 3.99. The van der Waals surface area contributed by atoms with Gasteiger partial charge in [-0.25, -0.2) is 0 Å². The Morgan fingerprint density at radius 1 is 1.25 bits per heavy atom. The molecule has 0 bridgehead atoms. The van der Waals surface area contributed by atoms with E-state index in [-0.39, 0.29) is 11.3 Å². The molecule has 0 spiro atoms. The van der Waals surface area contributed by atoms with Crippen LogP contribution in [-0.4, -0.2) is 13.3 Å². The molecular formula is C14H13F3O2S. The molecular weight excluding hydrogens is 289 g/mol. The highest BCUT2D eigenvalue weighted by molar-refractivity contribution is 7.98. The van der Waals surface area contributed by atoms with E-state index in [0.29, 0.717) is 11.5 Å². The van der Waals surface area contributed by atoms with Crippen molar-refractivity contribution in [3.05, 3.63) is 54.0 Å². The van der Waals surface area contributed by atoms with Crippen molar-refractivity contribution < 1.29 is 22.3 Å². The lowest BCUT2D eigenvalue weighted by Gasteiger charge is -2.20. The van der Waals surface area contributed by atoms with Gasteiger partial charge in [0, 0.05) is 0 Å². The molecule has 0 amide bonds. The standard InChI is InChI=1S/C14H13F3O2S/c1-18-11-5-2-4-10(8-11)13(14(15,16)17)20-9-12-6-3-7-19-12/h2-8,13H,9H2,1H3/t13-/m1/s1. The van der Waals surface area contributed by atoms with Crippen LogP contribution in [0.2, 0.25) is 0 Å². The molecule has 0 saturated carbocycles. The third kappa shape index (κ3) is 3.72. The SMILES string of the molecule is COc1cccc([C@@H](SCc2ccco2)C(F)(F)F)c1. The lowest BCUT2D eigenvalue weighted by Crippen LogP contribution is -2.18. The summed E-state index contributed by atoms with van der Waals surface area (Å²) < 4.78 is 49.6. The molecule has 2 nitrogen and oxygen atoms in total. The summed E-state index contributed by atoms with van der Waals surface area (Å²) in [5, 5.41) is -1.61. The van der Waals surface area contributed by atoms with Crippen LogP contribution in [-0.2, 0) is 5.75 Å². The van der Waals surface area contributed by atoms with E-state index in [4.69, 9.17) is 9.15 Å². The van der Waals surface area contributed by atoms with Crippen molar-refractivity contribution >= 4 is 11.8 Å². The molecule has 0 aliphatic heterocycles. The first-order valence-electron chi connectivity index (χ1n) is 5.85. The Balaban J connectivity index is 2.18. The second kappa shape index (κ2) is 6.26. The van der Waals surface area contributed by atoms with Gasteiger partial charge in [-0.1, -0.05) is 12.1 Å². The number of hydrogen-bond acceptors (Lipinski definition) is 3. The number of alkyl halides is 3. The normalized spacial score (nSPS) is 13.2. The van der Waals surface area contributed by atoms with Crippen LogP contribution >= 0.6 is 11.8 Å². The predicted octanol–water partition coefficient (Wildman–Crippen LogP) is 4.83. The van der Waals surface area contributed by atoms with Gasteiger partial charge in [0.1, 0.15) is 16.8 Å². The van der Waals surface area contributed by atoms with Crippen molar-refractivity contribution in [2.45, 2.75) is 17.2 Å². The van der Waals surface area contributed by atoms with Crippen LogP contribution in [0.15, 0.2) is 47.1 Å². The van der Waals surface area contributed by atoms with Gasteiger partial charge in [0.05, 0.1) is 19.1 Å². The molecule has 0 aliphatic carbocycles. The second-order valence-corrected chi connectivity index (χ2v) is 5.18. The molecule has 108 valence electrons. The molecule has 0 N–H and O–H groups in total. The third-order valence-electron chi connectivity index (χ3n) is 2.67. The molecule has 1 heterocycles. The molecule has 0 aliphatic rings. The smallest absolute Gasteiger partial charge is 0.404 e. The van der Waals surface area contributed by atoms with Crippen LogP contribution in [0.5, 0.6) is 5.75 Å². The average Bonchev–Trinajstić information content (AvgIpc) is 2.91. The monoisotopic (exact) mass is 302 g/mol. The molecule has 0 saturated heterocycles. The molecule has 1 aromatic carbocycles. The van der Waals surface area contributed by atoms with Crippen LogP contribution in [0.4, 0.5) is 13.2 Å². The van der Waals surface area contributed by atoms with Crippen molar-refractivity contribution in [2.24, 2.45) is 0 Å².